The number of ether oxygens (including phenoxy) is 1. The Bertz CT molecular complexity index is 1130. The summed E-state index contributed by atoms with van der Waals surface area (Å²) in [6.07, 6.45) is 4.41. The number of anilines is 3. The van der Waals surface area contributed by atoms with Crippen molar-refractivity contribution in [3.8, 4) is 11.8 Å². The normalized spacial score (nSPS) is 10.2. The standard InChI is InChI=1S/C21H19ClN6O3S/c1-31-18-9-16(26-20(29)6-2-4-14-5-3-7-32-14)15(22)8-17(18)27-21(30)28-19-12-24-13(10-23)11-25-19/h3,5,7-9,11-12H,2,4,6H2,1H3,(H,26,29)(H2,25,27,28,30). The Hall–Kier alpha value is -3.68. The second kappa shape index (κ2) is 11.1. The minimum Gasteiger partial charge on any atom is -0.494 e. The maximum atomic E-state index is 12.3. The van der Waals surface area contributed by atoms with E-state index in [4.69, 9.17) is 21.6 Å². The van der Waals surface area contributed by atoms with Crippen molar-refractivity contribution < 1.29 is 14.3 Å². The van der Waals surface area contributed by atoms with Gasteiger partial charge in [-0.3, -0.25) is 10.1 Å². The van der Waals surface area contributed by atoms with Crippen LogP contribution in [-0.2, 0) is 11.2 Å². The van der Waals surface area contributed by atoms with Gasteiger partial charge >= 0.3 is 6.03 Å². The van der Waals surface area contributed by atoms with Crippen molar-refractivity contribution in [1.82, 2.24) is 9.97 Å². The number of benzene rings is 1. The van der Waals surface area contributed by atoms with Crippen molar-refractivity contribution in [2.75, 3.05) is 23.1 Å². The van der Waals surface area contributed by atoms with E-state index in [-0.39, 0.29) is 22.4 Å². The molecular weight excluding hydrogens is 452 g/mol. The van der Waals surface area contributed by atoms with Crippen molar-refractivity contribution in [2.45, 2.75) is 19.3 Å². The van der Waals surface area contributed by atoms with Crippen molar-refractivity contribution in [1.29, 1.82) is 5.26 Å². The fourth-order valence-corrected chi connectivity index (χ4v) is 3.69. The zero-order valence-electron chi connectivity index (χ0n) is 17.0. The number of hydrogen-bond acceptors (Lipinski definition) is 7. The van der Waals surface area contributed by atoms with Crippen LogP contribution in [0.3, 0.4) is 0 Å². The third-order valence-electron chi connectivity index (χ3n) is 4.23. The zero-order valence-corrected chi connectivity index (χ0v) is 18.6. The summed E-state index contributed by atoms with van der Waals surface area (Å²) in [6, 6.07) is 8.28. The molecule has 1 aromatic carbocycles. The zero-order chi connectivity index (χ0) is 22.9. The van der Waals surface area contributed by atoms with E-state index in [0.29, 0.717) is 23.5 Å². The molecule has 3 amide bonds. The van der Waals surface area contributed by atoms with E-state index in [1.54, 1.807) is 11.3 Å². The van der Waals surface area contributed by atoms with Gasteiger partial charge in [-0.25, -0.2) is 14.8 Å². The number of methoxy groups -OCH3 is 1. The number of thiophene rings is 1. The summed E-state index contributed by atoms with van der Waals surface area (Å²) in [5, 5.41) is 18.9. The lowest BCUT2D eigenvalue weighted by Crippen LogP contribution is -2.21. The molecule has 0 aliphatic heterocycles. The van der Waals surface area contributed by atoms with E-state index in [1.165, 1.54) is 36.5 Å². The van der Waals surface area contributed by atoms with Crippen LogP contribution in [0.25, 0.3) is 0 Å². The van der Waals surface area contributed by atoms with Gasteiger partial charge in [-0.2, -0.15) is 5.26 Å². The van der Waals surface area contributed by atoms with Gasteiger partial charge in [0.15, 0.2) is 11.5 Å². The van der Waals surface area contributed by atoms with E-state index in [2.05, 4.69) is 25.9 Å². The Morgan fingerprint density at radius 2 is 2.03 bits per heavy atom. The van der Waals surface area contributed by atoms with Gasteiger partial charge in [0, 0.05) is 17.4 Å². The van der Waals surface area contributed by atoms with Gasteiger partial charge in [0.1, 0.15) is 11.8 Å². The maximum absolute atomic E-state index is 12.3. The van der Waals surface area contributed by atoms with Crippen LogP contribution in [0.4, 0.5) is 22.0 Å². The third-order valence-corrected chi connectivity index (χ3v) is 5.48. The van der Waals surface area contributed by atoms with Crippen LogP contribution in [-0.4, -0.2) is 29.0 Å². The Morgan fingerprint density at radius 3 is 2.69 bits per heavy atom. The highest BCUT2D eigenvalue weighted by Gasteiger charge is 2.14. The molecule has 0 saturated heterocycles. The van der Waals surface area contributed by atoms with Gasteiger partial charge in [-0.05, 0) is 30.4 Å². The van der Waals surface area contributed by atoms with Crippen LogP contribution in [0.1, 0.15) is 23.4 Å². The fraction of sp³-hybridized carbons (Fsp3) is 0.190. The summed E-state index contributed by atoms with van der Waals surface area (Å²) in [5.41, 5.74) is 0.814. The number of urea groups is 1. The number of nitrogens with one attached hydrogen (secondary N) is 3. The molecule has 3 N–H and O–H groups in total. The molecular formula is C21H19ClN6O3S. The predicted octanol–water partition coefficient (Wildman–Crippen LogP) is 4.68. The molecule has 0 unspecified atom stereocenters. The van der Waals surface area contributed by atoms with Gasteiger partial charge in [-0.1, -0.05) is 17.7 Å². The van der Waals surface area contributed by atoms with Crippen LogP contribution in [0, 0.1) is 11.3 Å². The second-order valence-electron chi connectivity index (χ2n) is 6.49. The summed E-state index contributed by atoms with van der Waals surface area (Å²) < 4.78 is 5.32. The topological polar surface area (TPSA) is 129 Å². The summed E-state index contributed by atoms with van der Waals surface area (Å²) in [7, 11) is 1.44. The molecule has 9 nitrogen and oxygen atoms in total. The summed E-state index contributed by atoms with van der Waals surface area (Å²) >= 11 is 7.97. The quantitative estimate of drug-likeness (QED) is 0.438. The number of nitriles is 1. The lowest BCUT2D eigenvalue weighted by molar-refractivity contribution is -0.116. The van der Waals surface area contributed by atoms with E-state index < -0.39 is 6.03 Å². The number of halogens is 1. The highest BCUT2D eigenvalue weighted by Crippen LogP contribution is 2.34. The Labute approximate surface area is 193 Å². The molecule has 3 rings (SSSR count). The number of carbonyl (C=O) groups excluding carboxylic acids is 2. The van der Waals surface area contributed by atoms with Crippen LogP contribution in [0.15, 0.2) is 42.0 Å². The first-order valence-corrected chi connectivity index (χ1v) is 10.7. The van der Waals surface area contributed by atoms with Gasteiger partial charge in [0.2, 0.25) is 5.91 Å². The van der Waals surface area contributed by atoms with Crippen LogP contribution < -0.4 is 20.7 Å². The number of rotatable bonds is 8. The SMILES string of the molecule is COc1cc(NC(=O)CCCc2cccs2)c(Cl)cc1NC(=O)Nc1cnc(C#N)cn1. The molecule has 0 radical (unpaired) electrons. The lowest BCUT2D eigenvalue weighted by Gasteiger charge is -2.14. The molecule has 164 valence electrons. The largest absolute Gasteiger partial charge is 0.494 e. The van der Waals surface area contributed by atoms with Crippen molar-refractivity contribution >= 4 is 52.1 Å². The molecule has 0 aliphatic carbocycles. The molecule has 0 bridgehead atoms. The van der Waals surface area contributed by atoms with Crippen molar-refractivity contribution in [3.63, 3.8) is 0 Å². The number of aromatic nitrogens is 2. The highest BCUT2D eigenvalue weighted by atomic mass is 35.5. The third kappa shape index (κ3) is 6.41. The molecule has 2 aromatic heterocycles. The van der Waals surface area contributed by atoms with Crippen molar-refractivity contribution in [3.05, 3.63) is 57.6 Å². The van der Waals surface area contributed by atoms with Gasteiger partial charge in [0.05, 0.1) is 35.9 Å². The Morgan fingerprint density at radius 1 is 1.19 bits per heavy atom. The molecule has 0 atom stereocenters. The van der Waals surface area contributed by atoms with Gasteiger partial charge < -0.3 is 15.4 Å². The fourth-order valence-electron chi connectivity index (χ4n) is 2.73. The molecule has 0 aliphatic rings. The smallest absolute Gasteiger partial charge is 0.325 e. The summed E-state index contributed by atoms with van der Waals surface area (Å²) in [6.45, 7) is 0. The number of carbonyl (C=O) groups is 2. The van der Waals surface area contributed by atoms with E-state index >= 15 is 0 Å². The monoisotopic (exact) mass is 470 g/mol. The van der Waals surface area contributed by atoms with Crippen LogP contribution in [0.2, 0.25) is 5.02 Å². The van der Waals surface area contributed by atoms with E-state index in [9.17, 15) is 9.59 Å². The number of amides is 3. The number of nitrogens with zero attached hydrogens (tertiary/aromatic N) is 3. The Balaban J connectivity index is 1.60. The summed E-state index contributed by atoms with van der Waals surface area (Å²) in [4.78, 5) is 33.5. The predicted molar refractivity (Wildman–Crippen MR) is 123 cm³/mol. The first-order valence-electron chi connectivity index (χ1n) is 9.48. The average molecular weight is 471 g/mol. The molecule has 0 saturated carbocycles. The maximum Gasteiger partial charge on any atom is 0.325 e. The van der Waals surface area contributed by atoms with Crippen LogP contribution >= 0.6 is 22.9 Å². The van der Waals surface area contributed by atoms with Gasteiger partial charge in [-0.15, -0.1) is 11.3 Å². The average Bonchev–Trinajstić information content (AvgIpc) is 3.29. The van der Waals surface area contributed by atoms with Crippen LogP contribution in [0.5, 0.6) is 5.75 Å². The first-order chi connectivity index (χ1) is 15.5. The number of hydrogen-bond donors (Lipinski definition) is 3. The van der Waals surface area contributed by atoms with E-state index in [1.807, 2.05) is 23.6 Å². The minimum atomic E-state index is -0.608. The van der Waals surface area contributed by atoms with Crippen molar-refractivity contribution in [2.24, 2.45) is 0 Å². The second-order valence-corrected chi connectivity index (χ2v) is 7.93. The van der Waals surface area contributed by atoms with Gasteiger partial charge in [0.25, 0.3) is 0 Å². The molecule has 32 heavy (non-hydrogen) atoms. The number of aryl methyl sites for hydroxylation is 1. The molecule has 0 fully saturated rings. The molecule has 11 heteroatoms. The minimum absolute atomic E-state index is 0.133. The first kappa shape index (κ1) is 23.0. The lowest BCUT2D eigenvalue weighted by atomic mass is 10.2. The molecule has 2 heterocycles. The van der Waals surface area contributed by atoms with E-state index in [0.717, 1.165) is 12.8 Å². The molecule has 3 aromatic rings. The Kier molecular flexibility index (Phi) is 7.96. The summed E-state index contributed by atoms with van der Waals surface area (Å²) in [5.74, 6) is 0.311. The molecule has 0 spiro atoms. The highest BCUT2D eigenvalue weighted by molar-refractivity contribution is 7.09.